The summed E-state index contributed by atoms with van der Waals surface area (Å²) in [7, 11) is 0. The highest BCUT2D eigenvalue weighted by molar-refractivity contribution is 7.19. The molecule has 0 unspecified atom stereocenters. The number of hydrogen-bond acceptors (Lipinski definition) is 6. The Labute approximate surface area is 180 Å². The number of carbonyl (C=O) groups excluding carboxylic acids is 1. The molecule has 2 fully saturated rings. The molecule has 0 radical (unpaired) electrons. The molecule has 158 valence electrons. The minimum Gasteiger partial charge on any atom is -0.352 e. The van der Waals surface area contributed by atoms with E-state index >= 15 is 0 Å². The molecule has 7 nitrogen and oxygen atoms in total. The Hall–Kier alpha value is -2.32. The van der Waals surface area contributed by atoms with Gasteiger partial charge in [-0.1, -0.05) is 43.9 Å². The van der Waals surface area contributed by atoms with Crippen molar-refractivity contribution < 1.29 is 4.79 Å². The predicted octanol–water partition coefficient (Wildman–Crippen LogP) is 3.54. The van der Waals surface area contributed by atoms with Gasteiger partial charge in [-0.15, -0.1) is 16.4 Å². The van der Waals surface area contributed by atoms with Crippen LogP contribution in [-0.2, 0) is 11.3 Å². The van der Waals surface area contributed by atoms with E-state index < -0.39 is 0 Å². The number of tetrazole rings is 1. The fraction of sp³-hybridized carbons (Fsp3) is 0.545. The molecule has 1 saturated heterocycles. The first-order chi connectivity index (χ1) is 14.8. The maximum absolute atomic E-state index is 13.3. The summed E-state index contributed by atoms with van der Waals surface area (Å²) < 4.78 is 3.10. The molecule has 5 rings (SSSR count). The lowest BCUT2D eigenvalue weighted by Crippen LogP contribution is -2.46. The van der Waals surface area contributed by atoms with Gasteiger partial charge in [0.2, 0.25) is 5.91 Å². The number of benzene rings is 1. The van der Waals surface area contributed by atoms with Crippen molar-refractivity contribution in [2.75, 3.05) is 6.54 Å². The Kier molecular flexibility index (Phi) is 5.77. The van der Waals surface area contributed by atoms with Crippen LogP contribution in [0, 0.1) is 0 Å². The van der Waals surface area contributed by atoms with Crippen LogP contribution in [-0.4, -0.2) is 49.6 Å². The minimum atomic E-state index is -0.146. The van der Waals surface area contributed by atoms with Crippen molar-refractivity contribution >= 4 is 27.3 Å². The molecule has 2 aliphatic rings. The molecular formula is C22H28N6OS. The molecule has 1 aliphatic carbocycles. The van der Waals surface area contributed by atoms with E-state index in [9.17, 15) is 4.79 Å². The zero-order valence-electron chi connectivity index (χ0n) is 17.1. The Morgan fingerprint density at radius 1 is 1.17 bits per heavy atom. The third kappa shape index (κ3) is 4.25. The largest absolute Gasteiger partial charge is 0.352 e. The number of nitrogens with one attached hydrogen (secondary N) is 1. The van der Waals surface area contributed by atoms with Crippen LogP contribution < -0.4 is 5.32 Å². The molecule has 0 spiro atoms. The molecule has 0 bridgehead atoms. The molecule has 3 aromatic rings. The lowest BCUT2D eigenvalue weighted by Gasteiger charge is -2.25. The highest BCUT2D eigenvalue weighted by Crippen LogP contribution is 2.32. The van der Waals surface area contributed by atoms with Crippen molar-refractivity contribution in [1.29, 1.82) is 0 Å². The van der Waals surface area contributed by atoms with E-state index in [0.717, 1.165) is 32.4 Å². The second-order valence-corrected chi connectivity index (χ2v) is 9.74. The molecule has 3 heterocycles. The van der Waals surface area contributed by atoms with Crippen molar-refractivity contribution in [3.8, 4) is 0 Å². The molecule has 1 aromatic carbocycles. The molecule has 2 atom stereocenters. The van der Waals surface area contributed by atoms with E-state index in [-0.39, 0.29) is 18.0 Å². The van der Waals surface area contributed by atoms with Crippen molar-refractivity contribution in [2.45, 2.75) is 69.6 Å². The average Bonchev–Trinajstić information content (AvgIpc) is 3.45. The second-order valence-electron chi connectivity index (χ2n) is 8.57. The van der Waals surface area contributed by atoms with Gasteiger partial charge in [0.1, 0.15) is 6.33 Å². The fourth-order valence-corrected chi connectivity index (χ4v) is 5.98. The monoisotopic (exact) mass is 424 g/mol. The Bertz CT molecular complexity index is 946. The number of nitrogens with zero attached hydrogens (tertiary/aromatic N) is 5. The lowest BCUT2D eigenvalue weighted by molar-refractivity contribution is -0.126. The number of amides is 1. The average molecular weight is 425 g/mol. The van der Waals surface area contributed by atoms with Gasteiger partial charge in [0.25, 0.3) is 0 Å². The third-order valence-electron chi connectivity index (χ3n) is 6.46. The topological polar surface area (TPSA) is 75.9 Å². The van der Waals surface area contributed by atoms with Crippen LogP contribution in [0.5, 0.6) is 0 Å². The molecular weight excluding hydrogens is 396 g/mol. The van der Waals surface area contributed by atoms with Gasteiger partial charge in [-0.05, 0) is 47.2 Å². The molecule has 1 N–H and O–H groups in total. The van der Waals surface area contributed by atoms with Crippen LogP contribution in [0.2, 0.25) is 0 Å². The van der Waals surface area contributed by atoms with Crippen LogP contribution >= 0.6 is 11.3 Å². The predicted molar refractivity (Wildman–Crippen MR) is 117 cm³/mol. The molecule has 1 saturated carbocycles. The summed E-state index contributed by atoms with van der Waals surface area (Å²) in [6.45, 7) is 1.56. The standard InChI is InChI=1S/C22H28N6OS/c29-22(24-17-8-3-1-2-4-9-17)20-12-18(28-15-23-25-26-28)13-27(20)14-19-11-16-7-5-6-10-21(16)30-19/h5-7,10-11,15,17-18,20H,1-4,8-9,12-14H2,(H,24,29)/t18-,20+/m1/s1. The zero-order valence-corrected chi connectivity index (χ0v) is 17.9. The van der Waals surface area contributed by atoms with E-state index in [1.807, 2.05) is 11.3 Å². The van der Waals surface area contributed by atoms with Gasteiger partial charge in [0.15, 0.2) is 0 Å². The number of carbonyl (C=O) groups is 1. The van der Waals surface area contributed by atoms with Gasteiger partial charge in [-0.2, -0.15) is 0 Å². The third-order valence-corrected chi connectivity index (χ3v) is 7.56. The number of likely N-dealkylation sites (tertiary alicyclic amines) is 1. The normalized spacial score (nSPS) is 23.6. The Balaban J connectivity index is 1.33. The summed E-state index contributed by atoms with van der Waals surface area (Å²) in [5.74, 6) is 0.165. The first-order valence-electron chi connectivity index (χ1n) is 11.0. The van der Waals surface area contributed by atoms with Gasteiger partial charge < -0.3 is 5.32 Å². The summed E-state index contributed by atoms with van der Waals surface area (Å²) in [4.78, 5) is 16.9. The minimum absolute atomic E-state index is 0.124. The molecule has 30 heavy (non-hydrogen) atoms. The van der Waals surface area contributed by atoms with Gasteiger partial charge in [0.05, 0.1) is 12.1 Å². The fourth-order valence-electron chi connectivity index (χ4n) is 4.89. The van der Waals surface area contributed by atoms with Crippen molar-refractivity contribution in [1.82, 2.24) is 30.4 Å². The highest BCUT2D eigenvalue weighted by Gasteiger charge is 2.39. The summed E-state index contributed by atoms with van der Waals surface area (Å²) in [6, 6.07) is 11.0. The Morgan fingerprint density at radius 3 is 2.77 bits per heavy atom. The number of fused-ring (bicyclic) bond motifs is 1. The van der Waals surface area contributed by atoms with E-state index in [4.69, 9.17) is 0 Å². The van der Waals surface area contributed by atoms with Gasteiger partial charge >= 0.3 is 0 Å². The van der Waals surface area contributed by atoms with Crippen molar-refractivity contribution in [2.24, 2.45) is 0 Å². The maximum Gasteiger partial charge on any atom is 0.237 e. The first-order valence-corrected chi connectivity index (χ1v) is 11.8. The molecule has 2 aromatic heterocycles. The van der Waals surface area contributed by atoms with E-state index in [0.29, 0.717) is 6.04 Å². The van der Waals surface area contributed by atoms with Crippen LogP contribution in [0.1, 0.15) is 55.9 Å². The van der Waals surface area contributed by atoms with Gasteiger partial charge in [-0.25, -0.2) is 4.68 Å². The molecule has 1 aliphatic heterocycles. The Morgan fingerprint density at radius 2 is 2.00 bits per heavy atom. The van der Waals surface area contributed by atoms with E-state index in [2.05, 4.69) is 56.1 Å². The summed E-state index contributed by atoms with van der Waals surface area (Å²) in [5.41, 5.74) is 0. The van der Waals surface area contributed by atoms with Crippen LogP contribution in [0.15, 0.2) is 36.7 Å². The second kappa shape index (κ2) is 8.81. The van der Waals surface area contributed by atoms with Crippen LogP contribution in [0.25, 0.3) is 10.1 Å². The summed E-state index contributed by atoms with van der Waals surface area (Å²) >= 11 is 1.81. The summed E-state index contributed by atoms with van der Waals surface area (Å²) in [6.07, 6.45) is 9.62. The molecule has 8 heteroatoms. The number of hydrogen-bond donors (Lipinski definition) is 1. The molecule has 1 amide bonds. The zero-order chi connectivity index (χ0) is 20.3. The first kappa shape index (κ1) is 19.6. The summed E-state index contributed by atoms with van der Waals surface area (Å²) in [5, 5.41) is 16.3. The van der Waals surface area contributed by atoms with Gasteiger partial charge in [0, 0.05) is 28.7 Å². The van der Waals surface area contributed by atoms with Crippen LogP contribution in [0.3, 0.4) is 0 Å². The van der Waals surface area contributed by atoms with Crippen molar-refractivity contribution in [3.63, 3.8) is 0 Å². The smallest absolute Gasteiger partial charge is 0.237 e. The van der Waals surface area contributed by atoms with E-state index in [1.165, 1.54) is 40.6 Å². The number of thiophene rings is 1. The van der Waals surface area contributed by atoms with Crippen molar-refractivity contribution in [3.05, 3.63) is 41.5 Å². The highest BCUT2D eigenvalue weighted by atomic mass is 32.1. The lowest BCUT2D eigenvalue weighted by atomic mass is 10.1. The van der Waals surface area contributed by atoms with Gasteiger partial charge in [-0.3, -0.25) is 9.69 Å². The maximum atomic E-state index is 13.3. The number of rotatable bonds is 5. The SMILES string of the molecule is O=C(NC1CCCCCC1)[C@@H]1C[C@@H](n2cnnn2)CN1Cc1cc2ccccc2s1. The van der Waals surface area contributed by atoms with Crippen LogP contribution in [0.4, 0.5) is 0 Å². The quantitative estimate of drug-likeness (QED) is 0.634. The number of aromatic nitrogens is 4. The van der Waals surface area contributed by atoms with E-state index in [1.54, 1.807) is 11.0 Å².